The first-order valence-electron chi connectivity index (χ1n) is 15.5. The molecule has 40 heavy (non-hydrogen) atoms. The number of carbonyl (C=O) groups is 3. The second-order valence-corrected chi connectivity index (χ2v) is 16.5. The van der Waals surface area contributed by atoms with Gasteiger partial charge in [0.25, 0.3) is 0 Å². The van der Waals surface area contributed by atoms with Gasteiger partial charge in [-0.3, -0.25) is 9.59 Å². The van der Waals surface area contributed by atoms with Crippen molar-refractivity contribution in [3.8, 4) is 0 Å². The van der Waals surface area contributed by atoms with Crippen molar-refractivity contribution in [1.29, 1.82) is 0 Å². The molecule has 0 saturated heterocycles. The number of amides is 1. The molecule has 5 rings (SSSR count). The number of thiol groups is 1. The molecule has 4 fully saturated rings. The highest BCUT2D eigenvalue weighted by Gasteiger charge is 2.70. The Labute approximate surface area is 245 Å². The minimum atomic E-state index is -1.07. The molecule has 0 aromatic heterocycles. The number of aliphatic hydroxyl groups is 1. The summed E-state index contributed by atoms with van der Waals surface area (Å²) in [5.41, 5.74) is -0.147. The van der Waals surface area contributed by atoms with Crippen molar-refractivity contribution in [2.75, 3.05) is 5.75 Å². The molecule has 5 aliphatic carbocycles. The predicted octanol–water partition coefficient (Wildman–Crippen LogP) is 5.83. The van der Waals surface area contributed by atoms with Crippen LogP contribution in [0.1, 0.15) is 106 Å². The van der Waals surface area contributed by atoms with E-state index in [1.807, 2.05) is 13.0 Å². The zero-order chi connectivity index (χ0) is 29.7. The van der Waals surface area contributed by atoms with Gasteiger partial charge in [-0.25, -0.2) is 4.79 Å². The molecule has 10 atom stereocenters. The Balaban J connectivity index is 1.53. The van der Waals surface area contributed by atoms with Crippen molar-refractivity contribution in [3.63, 3.8) is 0 Å². The minimum Gasteiger partial charge on any atom is -0.480 e. The summed E-state index contributed by atoms with van der Waals surface area (Å²) < 4.78 is 0. The summed E-state index contributed by atoms with van der Waals surface area (Å²) in [5, 5.41) is 23.2. The third kappa shape index (κ3) is 3.95. The fourth-order valence-electron chi connectivity index (χ4n) is 10.9. The molecule has 0 aromatic carbocycles. The molecule has 0 bridgehead atoms. The number of carbonyl (C=O) groups excluding carboxylic acids is 2. The number of nitrogens with one attached hydrogen (secondary N) is 1. The van der Waals surface area contributed by atoms with Crippen LogP contribution in [0.4, 0.5) is 0 Å². The highest BCUT2D eigenvalue weighted by Crippen LogP contribution is 2.75. The zero-order valence-electron chi connectivity index (χ0n) is 25.6. The lowest BCUT2D eigenvalue weighted by Gasteiger charge is -2.70. The quantitative estimate of drug-likeness (QED) is 0.317. The number of rotatable bonds is 4. The Hall–Kier alpha value is -1.34. The first kappa shape index (κ1) is 30.1. The summed E-state index contributed by atoms with van der Waals surface area (Å²) in [6, 6.07) is -1.01. The molecule has 224 valence electrons. The van der Waals surface area contributed by atoms with Crippen LogP contribution in [0.25, 0.3) is 0 Å². The number of carboxylic acid groups (broad SMARTS) is 1. The van der Waals surface area contributed by atoms with Crippen molar-refractivity contribution in [2.45, 2.75) is 118 Å². The van der Waals surface area contributed by atoms with Crippen molar-refractivity contribution in [2.24, 2.45) is 50.2 Å². The van der Waals surface area contributed by atoms with E-state index in [-0.39, 0.29) is 62.5 Å². The maximum absolute atomic E-state index is 14.4. The van der Waals surface area contributed by atoms with Gasteiger partial charge in [0.1, 0.15) is 6.04 Å². The van der Waals surface area contributed by atoms with Gasteiger partial charge in [0, 0.05) is 17.1 Å². The third-order valence-corrected chi connectivity index (χ3v) is 14.3. The number of aliphatic hydroxyl groups excluding tert-OH is 1. The van der Waals surface area contributed by atoms with E-state index < -0.39 is 17.4 Å². The van der Waals surface area contributed by atoms with Crippen molar-refractivity contribution < 1.29 is 24.6 Å². The maximum Gasteiger partial charge on any atom is 0.327 e. The fourth-order valence-corrected chi connectivity index (χ4v) is 11.1. The van der Waals surface area contributed by atoms with Crippen molar-refractivity contribution >= 4 is 30.3 Å². The van der Waals surface area contributed by atoms with Crippen LogP contribution in [0, 0.1) is 50.2 Å². The monoisotopic (exact) mass is 573 g/mol. The van der Waals surface area contributed by atoms with E-state index in [1.165, 1.54) is 5.57 Å². The van der Waals surface area contributed by atoms with E-state index in [4.69, 9.17) is 0 Å². The predicted molar refractivity (Wildman–Crippen MR) is 159 cm³/mol. The molecule has 7 heteroatoms. The molecule has 0 spiro atoms. The summed E-state index contributed by atoms with van der Waals surface area (Å²) in [6.45, 7) is 15.8. The lowest BCUT2D eigenvalue weighted by Crippen LogP contribution is -2.66. The molecule has 3 N–H and O–H groups in total. The van der Waals surface area contributed by atoms with Crippen LogP contribution < -0.4 is 5.32 Å². The summed E-state index contributed by atoms with van der Waals surface area (Å²) in [6.07, 6.45) is 9.62. The summed E-state index contributed by atoms with van der Waals surface area (Å²) in [7, 11) is 0. The number of aliphatic carboxylic acids is 1. The lowest BCUT2D eigenvalue weighted by molar-refractivity contribution is -0.202. The Morgan fingerprint density at radius 2 is 1.65 bits per heavy atom. The van der Waals surface area contributed by atoms with Gasteiger partial charge >= 0.3 is 5.97 Å². The summed E-state index contributed by atoms with van der Waals surface area (Å²) in [4.78, 5) is 39.6. The van der Waals surface area contributed by atoms with Gasteiger partial charge in [-0.1, -0.05) is 54.0 Å². The average Bonchev–Trinajstić information content (AvgIpc) is 2.87. The standard InChI is InChI=1S/C33H51NO5S/c1-28(2)23-8-11-33(7)25(31(23,5)10-9-24(28)36)22(35)16-19-20-17-30(4,27(39)34-21(18-40)26(37)38)13-12-29(20,3)14-15-32(19,33)6/h16,20-21,23-25,36,40H,8-15,17-18H2,1-7H3,(H,34,39)(H,37,38)/t20-,21?,23-,24-,25+,29+,30-,31-,32+,33+/m0/s1. The summed E-state index contributed by atoms with van der Waals surface area (Å²) in [5.74, 6) is -0.666. The van der Waals surface area contributed by atoms with Crippen molar-refractivity contribution in [3.05, 3.63) is 11.6 Å². The van der Waals surface area contributed by atoms with Gasteiger partial charge < -0.3 is 15.5 Å². The molecule has 1 amide bonds. The van der Waals surface area contributed by atoms with Crippen LogP contribution in [0.15, 0.2) is 11.6 Å². The lowest BCUT2D eigenvalue weighted by atomic mass is 9.33. The fraction of sp³-hybridized carbons (Fsp3) is 0.848. The average molecular weight is 574 g/mol. The molecule has 0 aromatic rings. The first-order valence-corrected chi connectivity index (χ1v) is 16.1. The Morgan fingerprint density at radius 3 is 2.27 bits per heavy atom. The zero-order valence-corrected chi connectivity index (χ0v) is 26.5. The highest BCUT2D eigenvalue weighted by molar-refractivity contribution is 7.80. The first-order chi connectivity index (χ1) is 18.4. The van der Waals surface area contributed by atoms with Crippen LogP contribution in [-0.2, 0) is 14.4 Å². The van der Waals surface area contributed by atoms with Gasteiger partial charge in [0.05, 0.1) is 6.10 Å². The molecule has 1 unspecified atom stereocenters. The van der Waals surface area contributed by atoms with Gasteiger partial charge in [-0.2, -0.15) is 12.6 Å². The van der Waals surface area contributed by atoms with Gasteiger partial charge in [0.2, 0.25) is 5.91 Å². The smallest absolute Gasteiger partial charge is 0.327 e. The largest absolute Gasteiger partial charge is 0.480 e. The van der Waals surface area contributed by atoms with Gasteiger partial charge in [-0.15, -0.1) is 0 Å². The van der Waals surface area contributed by atoms with Crippen LogP contribution >= 0.6 is 12.6 Å². The number of fused-ring (bicyclic) bond motifs is 7. The number of allylic oxidation sites excluding steroid dienone is 2. The minimum absolute atomic E-state index is 0.0163. The summed E-state index contributed by atoms with van der Waals surface area (Å²) >= 11 is 4.14. The van der Waals surface area contributed by atoms with E-state index in [9.17, 15) is 24.6 Å². The molecule has 0 heterocycles. The van der Waals surface area contributed by atoms with E-state index >= 15 is 0 Å². The van der Waals surface area contributed by atoms with Crippen molar-refractivity contribution in [1.82, 2.24) is 5.32 Å². The number of hydrogen-bond donors (Lipinski definition) is 4. The van der Waals surface area contributed by atoms with Gasteiger partial charge in [-0.05, 0) is 103 Å². The molecule has 5 aliphatic rings. The maximum atomic E-state index is 14.4. The molecule has 0 radical (unpaired) electrons. The van der Waals surface area contributed by atoms with Gasteiger partial charge in [0.15, 0.2) is 5.78 Å². The van der Waals surface area contributed by atoms with E-state index in [2.05, 4.69) is 59.5 Å². The number of hydrogen-bond acceptors (Lipinski definition) is 5. The third-order valence-electron chi connectivity index (χ3n) is 13.9. The molecular weight excluding hydrogens is 522 g/mol. The van der Waals surface area contributed by atoms with Crippen LogP contribution in [0.3, 0.4) is 0 Å². The molecule has 0 aliphatic heterocycles. The van der Waals surface area contributed by atoms with Crippen LogP contribution in [0.5, 0.6) is 0 Å². The molecule has 4 saturated carbocycles. The highest BCUT2D eigenvalue weighted by atomic mass is 32.1. The second kappa shape index (κ2) is 9.33. The topological polar surface area (TPSA) is 104 Å². The Morgan fingerprint density at radius 1 is 1.00 bits per heavy atom. The Kier molecular flexibility index (Phi) is 7.03. The van der Waals surface area contributed by atoms with Crippen LogP contribution in [0.2, 0.25) is 0 Å². The molecule has 6 nitrogen and oxygen atoms in total. The normalized spacial score (nSPS) is 48.4. The number of ketones is 1. The second-order valence-electron chi connectivity index (χ2n) is 16.2. The van der Waals surface area contributed by atoms with E-state index in [0.29, 0.717) is 18.8 Å². The van der Waals surface area contributed by atoms with E-state index in [0.717, 1.165) is 44.9 Å². The Bertz CT molecular complexity index is 1150. The van der Waals surface area contributed by atoms with E-state index in [1.54, 1.807) is 0 Å². The number of carboxylic acids is 1. The van der Waals surface area contributed by atoms with Crippen LogP contribution in [-0.4, -0.2) is 45.8 Å². The molecular formula is C33H51NO5S. The SMILES string of the molecule is CC1(C)[C@@H](O)CC[C@]2(C)[C@H]3C(=O)C=C4[C@@H]5C[C@@](C)(C(=O)NC(CS)C(=O)O)CC[C@]5(C)CC[C@@]4(C)[C@]3(C)CC[C@@H]12.